The van der Waals surface area contributed by atoms with Crippen molar-refractivity contribution in [3.8, 4) is 17.1 Å². The summed E-state index contributed by atoms with van der Waals surface area (Å²) in [5, 5.41) is 0. The predicted molar refractivity (Wildman–Crippen MR) is 190 cm³/mol. The van der Waals surface area contributed by atoms with E-state index >= 15 is 0 Å². The number of amides is 1. The SMILES string of the molecule is CCN(CC1CC1)c1cncc(CN2C(=O)c3cccc(c3)S(=O)(=O)Nc3nc(cc(-c4c(C)cccc4C)n3)OC[C@H]2CC(C)(C)C)n1. The highest BCUT2D eigenvalue weighted by atomic mass is 32.2. The molecule has 0 unspecified atom stereocenters. The number of anilines is 2. The molecular formula is C37H45N7O4S. The van der Waals surface area contributed by atoms with Crippen molar-refractivity contribution in [3.05, 3.63) is 83.3 Å². The molecule has 3 heterocycles. The minimum absolute atomic E-state index is 0.0751. The zero-order chi connectivity index (χ0) is 34.9. The fourth-order valence-corrected chi connectivity index (χ4v) is 7.33. The molecule has 11 nitrogen and oxygen atoms in total. The fraction of sp³-hybridized carbons (Fsp3) is 0.432. The van der Waals surface area contributed by atoms with Crippen molar-refractivity contribution in [1.82, 2.24) is 24.8 Å². The van der Waals surface area contributed by atoms with Crippen LogP contribution in [0.2, 0.25) is 0 Å². The number of rotatable bonds is 8. The van der Waals surface area contributed by atoms with Crippen LogP contribution in [0.4, 0.5) is 11.8 Å². The van der Waals surface area contributed by atoms with Crippen LogP contribution in [0.3, 0.4) is 0 Å². The smallest absolute Gasteiger partial charge is 0.264 e. The van der Waals surface area contributed by atoms with Gasteiger partial charge in [-0.05, 0) is 80.7 Å². The molecule has 258 valence electrons. The Bertz CT molecular complexity index is 1940. The van der Waals surface area contributed by atoms with Crippen molar-refractivity contribution in [2.75, 3.05) is 29.3 Å². The van der Waals surface area contributed by atoms with Gasteiger partial charge in [-0.1, -0.05) is 45.0 Å². The van der Waals surface area contributed by atoms with Crippen LogP contribution in [0.1, 0.15) is 74.1 Å². The molecule has 1 N–H and O–H groups in total. The average Bonchev–Trinajstić information content (AvgIpc) is 3.87. The first kappa shape index (κ1) is 34.3. The van der Waals surface area contributed by atoms with Gasteiger partial charge in [-0.3, -0.25) is 9.78 Å². The first-order chi connectivity index (χ1) is 23.3. The number of hydrogen-bond acceptors (Lipinski definition) is 9. The lowest BCUT2D eigenvalue weighted by Gasteiger charge is -2.35. The van der Waals surface area contributed by atoms with Crippen molar-refractivity contribution in [3.63, 3.8) is 0 Å². The molecule has 12 heteroatoms. The number of fused-ring (bicyclic) bond motifs is 4. The molecule has 2 aromatic heterocycles. The summed E-state index contributed by atoms with van der Waals surface area (Å²) in [4.78, 5) is 37.0. The van der Waals surface area contributed by atoms with E-state index in [0.29, 0.717) is 23.7 Å². The number of hydrogen-bond donors (Lipinski definition) is 1. The quantitative estimate of drug-likeness (QED) is 0.223. The Hall–Kier alpha value is -4.58. The molecule has 1 saturated carbocycles. The molecule has 4 bridgehead atoms. The largest absolute Gasteiger partial charge is 0.475 e. The van der Waals surface area contributed by atoms with E-state index in [4.69, 9.17) is 9.72 Å². The van der Waals surface area contributed by atoms with Gasteiger partial charge < -0.3 is 14.5 Å². The summed E-state index contributed by atoms with van der Waals surface area (Å²) in [5.74, 6) is 1.20. The van der Waals surface area contributed by atoms with E-state index < -0.39 is 16.1 Å². The Morgan fingerprint density at radius 1 is 1.00 bits per heavy atom. The second-order valence-corrected chi connectivity index (χ2v) is 16.0. The molecule has 6 rings (SSSR count). The first-order valence-electron chi connectivity index (χ1n) is 16.9. The monoisotopic (exact) mass is 683 g/mol. The maximum Gasteiger partial charge on any atom is 0.264 e. The van der Waals surface area contributed by atoms with Crippen molar-refractivity contribution < 1.29 is 17.9 Å². The topological polar surface area (TPSA) is 131 Å². The Kier molecular flexibility index (Phi) is 9.61. The number of sulfonamides is 1. The molecule has 2 aromatic carbocycles. The molecule has 1 amide bonds. The van der Waals surface area contributed by atoms with E-state index in [0.717, 1.165) is 35.6 Å². The van der Waals surface area contributed by atoms with E-state index in [-0.39, 0.29) is 46.8 Å². The highest BCUT2D eigenvalue weighted by Crippen LogP contribution is 2.33. The molecule has 2 aliphatic rings. The Morgan fingerprint density at radius 3 is 2.43 bits per heavy atom. The second-order valence-electron chi connectivity index (χ2n) is 14.3. The summed E-state index contributed by atoms with van der Waals surface area (Å²) in [6.45, 7) is 14.4. The third-order valence-corrected chi connectivity index (χ3v) is 10.2. The molecule has 0 saturated heterocycles. The third-order valence-electron chi connectivity index (χ3n) is 8.92. The summed E-state index contributed by atoms with van der Waals surface area (Å²) in [6.07, 6.45) is 6.51. The van der Waals surface area contributed by atoms with Gasteiger partial charge in [0.1, 0.15) is 12.4 Å². The second kappa shape index (κ2) is 13.7. The standard InChI is InChI=1S/C37H45N7O4S/c1-7-43(21-26-14-15-26)32-20-38-19-28(39-32)22-44-29(18-37(4,5)6)23-48-33-17-31(34-24(2)10-8-11-25(34)3)40-36(41-33)42-49(46,47)30-13-9-12-27(16-30)35(44)45/h8-13,16-17,19-20,26,29H,7,14-15,18,21-23H2,1-6H3,(H,40,41,42)/t29-/m1/s1. The molecule has 1 aliphatic carbocycles. The van der Waals surface area contributed by atoms with E-state index in [1.165, 1.54) is 25.0 Å². The van der Waals surface area contributed by atoms with Crippen LogP contribution in [-0.4, -0.2) is 64.9 Å². The van der Waals surface area contributed by atoms with Crippen molar-refractivity contribution >= 4 is 27.7 Å². The lowest BCUT2D eigenvalue weighted by atomic mass is 9.87. The number of ether oxygens (including phenoxy) is 1. The highest BCUT2D eigenvalue weighted by molar-refractivity contribution is 7.92. The van der Waals surface area contributed by atoms with Crippen LogP contribution in [0, 0.1) is 25.2 Å². The summed E-state index contributed by atoms with van der Waals surface area (Å²) >= 11 is 0. The van der Waals surface area contributed by atoms with Crippen molar-refractivity contribution in [2.24, 2.45) is 11.3 Å². The van der Waals surface area contributed by atoms with Gasteiger partial charge in [0.2, 0.25) is 11.8 Å². The molecule has 0 spiro atoms. The number of carbonyl (C=O) groups excluding carboxylic acids is 1. The Morgan fingerprint density at radius 2 is 1.73 bits per heavy atom. The zero-order valence-electron chi connectivity index (χ0n) is 29.1. The van der Waals surface area contributed by atoms with Gasteiger partial charge in [-0.2, -0.15) is 4.98 Å². The van der Waals surface area contributed by atoms with Crippen LogP contribution < -0.4 is 14.4 Å². The summed E-state index contributed by atoms with van der Waals surface area (Å²) < 4.78 is 36.4. The summed E-state index contributed by atoms with van der Waals surface area (Å²) in [5.41, 5.74) is 4.03. The van der Waals surface area contributed by atoms with Gasteiger partial charge in [0.15, 0.2) is 0 Å². The summed E-state index contributed by atoms with van der Waals surface area (Å²) in [7, 11) is -4.17. The maximum atomic E-state index is 14.5. The molecular weight excluding hydrogens is 639 g/mol. The van der Waals surface area contributed by atoms with Gasteiger partial charge in [0.25, 0.3) is 15.9 Å². The number of aryl methyl sites for hydroxylation is 2. The molecule has 1 fully saturated rings. The minimum Gasteiger partial charge on any atom is -0.475 e. The van der Waals surface area contributed by atoms with E-state index in [1.54, 1.807) is 35.5 Å². The number of carbonyl (C=O) groups is 1. The van der Waals surface area contributed by atoms with E-state index in [2.05, 4.69) is 52.3 Å². The van der Waals surface area contributed by atoms with E-state index in [9.17, 15) is 13.2 Å². The van der Waals surface area contributed by atoms with Gasteiger partial charge >= 0.3 is 0 Å². The lowest BCUT2D eigenvalue weighted by Crippen LogP contribution is -2.45. The minimum atomic E-state index is -4.17. The molecule has 1 aliphatic heterocycles. The molecule has 1 atom stereocenters. The molecule has 0 radical (unpaired) electrons. The predicted octanol–water partition coefficient (Wildman–Crippen LogP) is 6.43. The van der Waals surface area contributed by atoms with E-state index in [1.807, 2.05) is 32.0 Å². The van der Waals surface area contributed by atoms with Gasteiger partial charge in [0, 0.05) is 30.3 Å². The number of benzene rings is 2. The van der Waals surface area contributed by atoms with Crippen LogP contribution in [0.15, 0.2) is 65.8 Å². The maximum absolute atomic E-state index is 14.5. The molecule has 49 heavy (non-hydrogen) atoms. The Labute approximate surface area is 289 Å². The van der Waals surface area contributed by atoms with Crippen molar-refractivity contribution in [1.29, 1.82) is 0 Å². The van der Waals surface area contributed by atoms with Crippen LogP contribution >= 0.6 is 0 Å². The first-order valence-corrected chi connectivity index (χ1v) is 18.4. The van der Waals surface area contributed by atoms with Crippen LogP contribution in [0.25, 0.3) is 11.3 Å². The normalized spacial score (nSPS) is 17.6. The lowest BCUT2D eigenvalue weighted by molar-refractivity contribution is 0.0509. The third kappa shape index (κ3) is 8.18. The average molecular weight is 684 g/mol. The van der Waals surface area contributed by atoms with Gasteiger partial charge in [-0.15, -0.1) is 0 Å². The zero-order valence-corrected chi connectivity index (χ0v) is 29.9. The van der Waals surface area contributed by atoms with Gasteiger partial charge in [0.05, 0.1) is 41.3 Å². The number of nitrogens with zero attached hydrogens (tertiary/aromatic N) is 6. The van der Waals surface area contributed by atoms with Crippen LogP contribution in [-0.2, 0) is 16.6 Å². The molecule has 4 aromatic rings. The van der Waals surface area contributed by atoms with Crippen molar-refractivity contribution in [2.45, 2.75) is 78.3 Å². The summed E-state index contributed by atoms with van der Waals surface area (Å²) in [6, 6.07) is 13.3. The number of nitrogens with one attached hydrogen (secondary N) is 1. The Balaban J connectivity index is 1.45. The highest BCUT2D eigenvalue weighted by Gasteiger charge is 2.32. The van der Waals surface area contributed by atoms with Crippen LogP contribution in [0.5, 0.6) is 5.88 Å². The number of aromatic nitrogens is 4. The van der Waals surface area contributed by atoms with Gasteiger partial charge in [-0.25, -0.2) is 23.1 Å². The fourth-order valence-electron chi connectivity index (χ4n) is 6.34.